The Morgan fingerprint density at radius 2 is 1.94 bits per heavy atom. The van der Waals surface area contributed by atoms with Gasteiger partial charge in [0.1, 0.15) is 5.82 Å². The van der Waals surface area contributed by atoms with Gasteiger partial charge in [0.05, 0.1) is 17.3 Å². The summed E-state index contributed by atoms with van der Waals surface area (Å²) in [5, 5.41) is 2.98. The van der Waals surface area contributed by atoms with Gasteiger partial charge in [-0.2, -0.15) is 0 Å². The van der Waals surface area contributed by atoms with Crippen LogP contribution in [0.25, 0.3) is 0 Å². The third-order valence-corrected chi connectivity index (χ3v) is 2.30. The maximum absolute atomic E-state index is 13.5. The number of nitrogens with zero attached hydrogens (tertiary/aromatic N) is 2. The first-order valence-electron chi connectivity index (χ1n) is 4.71. The van der Waals surface area contributed by atoms with Crippen LogP contribution in [0.15, 0.2) is 36.7 Å². The van der Waals surface area contributed by atoms with E-state index in [1.165, 1.54) is 6.07 Å². The highest BCUT2D eigenvalue weighted by atomic mass is 35.5. The maximum atomic E-state index is 13.5. The molecule has 0 radical (unpaired) electrons. The van der Waals surface area contributed by atoms with Crippen molar-refractivity contribution in [3.8, 4) is 0 Å². The third-order valence-electron chi connectivity index (χ3n) is 2.01. The average Bonchev–Trinajstić information content (AvgIpc) is 2.32. The van der Waals surface area contributed by atoms with Crippen LogP contribution in [-0.2, 0) is 6.54 Å². The minimum absolute atomic E-state index is 0.0963. The van der Waals surface area contributed by atoms with E-state index in [-0.39, 0.29) is 5.02 Å². The Morgan fingerprint density at radius 1 is 1.19 bits per heavy atom. The van der Waals surface area contributed by atoms with Crippen LogP contribution in [0.2, 0.25) is 5.02 Å². The Bertz CT molecular complexity index is 476. The molecule has 3 nitrogen and oxygen atoms in total. The number of aromatic nitrogens is 2. The first kappa shape index (κ1) is 10.8. The Morgan fingerprint density at radius 3 is 2.69 bits per heavy atom. The Labute approximate surface area is 97.3 Å². The summed E-state index contributed by atoms with van der Waals surface area (Å²) in [4.78, 5) is 8.03. The Balaban J connectivity index is 2.08. The summed E-state index contributed by atoms with van der Waals surface area (Å²) in [6.07, 6.45) is 3.27. The van der Waals surface area contributed by atoms with Gasteiger partial charge in [0, 0.05) is 12.4 Å². The van der Waals surface area contributed by atoms with Crippen molar-refractivity contribution in [2.45, 2.75) is 6.54 Å². The molecule has 16 heavy (non-hydrogen) atoms. The normalized spacial score (nSPS) is 10.1. The number of halogens is 2. The van der Waals surface area contributed by atoms with Gasteiger partial charge in [0.15, 0.2) is 5.82 Å². The van der Waals surface area contributed by atoms with Gasteiger partial charge in [-0.05, 0) is 18.2 Å². The van der Waals surface area contributed by atoms with E-state index in [9.17, 15) is 4.39 Å². The molecule has 5 heteroatoms. The summed E-state index contributed by atoms with van der Waals surface area (Å²) in [7, 11) is 0. The quantitative estimate of drug-likeness (QED) is 0.892. The lowest BCUT2D eigenvalue weighted by Crippen LogP contribution is -2.04. The van der Waals surface area contributed by atoms with Crippen molar-refractivity contribution in [2.75, 3.05) is 5.32 Å². The van der Waals surface area contributed by atoms with Gasteiger partial charge in [0.2, 0.25) is 0 Å². The number of rotatable bonds is 3. The van der Waals surface area contributed by atoms with E-state index in [4.69, 9.17) is 11.6 Å². The van der Waals surface area contributed by atoms with Crippen molar-refractivity contribution in [3.05, 3.63) is 53.3 Å². The number of hydrogen-bond acceptors (Lipinski definition) is 3. The van der Waals surface area contributed by atoms with E-state index >= 15 is 0 Å². The monoisotopic (exact) mass is 237 g/mol. The highest BCUT2D eigenvalue weighted by Gasteiger charge is 2.05. The third kappa shape index (κ3) is 2.46. The van der Waals surface area contributed by atoms with Gasteiger partial charge >= 0.3 is 0 Å². The number of benzene rings is 1. The smallest absolute Gasteiger partial charge is 0.164 e. The largest absolute Gasteiger partial charge is 0.375 e. The van der Waals surface area contributed by atoms with Gasteiger partial charge in [0.25, 0.3) is 0 Å². The van der Waals surface area contributed by atoms with Crippen LogP contribution in [0.5, 0.6) is 0 Å². The molecular weight excluding hydrogens is 229 g/mol. The lowest BCUT2D eigenvalue weighted by Gasteiger charge is -2.06. The Hall–Kier alpha value is -1.68. The topological polar surface area (TPSA) is 37.8 Å². The predicted octanol–water partition coefficient (Wildman–Crippen LogP) is 2.88. The zero-order chi connectivity index (χ0) is 11.4. The molecule has 1 heterocycles. The van der Waals surface area contributed by atoms with Crippen LogP contribution in [-0.4, -0.2) is 9.97 Å². The molecule has 1 aromatic heterocycles. The molecule has 0 saturated heterocycles. The van der Waals surface area contributed by atoms with Crippen LogP contribution >= 0.6 is 11.6 Å². The zero-order valence-electron chi connectivity index (χ0n) is 8.32. The summed E-state index contributed by atoms with van der Waals surface area (Å²) in [5.74, 6) is 0.141. The molecule has 0 amide bonds. The lowest BCUT2D eigenvalue weighted by molar-refractivity contribution is 0.630. The maximum Gasteiger partial charge on any atom is 0.164 e. The van der Waals surface area contributed by atoms with Gasteiger partial charge in [-0.25, -0.2) is 14.4 Å². The van der Waals surface area contributed by atoms with Crippen molar-refractivity contribution < 1.29 is 4.39 Å². The summed E-state index contributed by atoms with van der Waals surface area (Å²) in [5.41, 5.74) is 0.347. The molecule has 1 N–H and O–H groups in total. The van der Waals surface area contributed by atoms with E-state index in [0.717, 1.165) is 0 Å². The predicted molar refractivity (Wildman–Crippen MR) is 60.8 cm³/mol. The number of nitrogens with one attached hydrogen (secondary N) is 1. The van der Waals surface area contributed by atoms with E-state index in [1.807, 2.05) is 0 Å². The molecule has 0 atom stereocenters. The van der Waals surface area contributed by atoms with Gasteiger partial charge in [-0.3, -0.25) is 0 Å². The fourth-order valence-electron chi connectivity index (χ4n) is 1.24. The summed E-state index contributed by atoms with van der Waals surface area (Å²) in [6, 6.07) is 6.52. The highest BCUT2D eigenvalue weighted by Crippen LogP contribution is 2.22. The van der Waals surface area contributed by atoms with Crippen LogP contribution < -0.4 is 5.32 Å². The van der Waals surface area contributed by atoms with Gasteiger partial charge in [-0.1, -0.05) is 17.7 Å². The minimum Gasteiger partial charge on any atom is -0.375 e. The van der Waals surface area contributed by atoms with Crippen LogP contribution in [0.1, 0.15) is 5.82 Å². The first-order valence-corrected chi connectivity index (χ1v) is 5.09. The summed E-state index contributed by atoms with van der Waals surface area (Å²) in [6.45, 7) is 0.359. The van der Waals surface area contributed by atoms with Crippen LogP contribution in [0, 0.1) is 5.82 Å². The van der Waals surface area contributed by atoms with Crippen molar-refractivity contribution >= 4 is 17.3 Å². The van der Waals surface area contributed by atoms with E-state index < -0.39 is 5.82 Å². The number of anilines is 1. The molecule has 0 saturated carbocycles. The van der Waals surface area contributed by atoms with Crippen LogP contribution in [0.4, 0.5) is 10.1 Å². The molecule has 0 unspecified atom stereocenters. The second-order valence-electron chi connectivity index (χ2n) is 3.12. The lowest BCUT2D eigenvalue weighted by atomic mass is 10.3. The van der Waals surface area contributed by atoms with Crippen molar-refractivity contribution in [1.82, 2.24) is 9.97 Å². The molecule has 0 fully saturated rings. The Kier molecular flexibility index (Phi) is 3.31. The molecule has 0 spiro atoms. The molecule has 82 valence electrons. The molecule has 2 aromatic rings. The van der Waals surface area contributed by atoms with Crippen molar-refractivity contribution in [1.29, 1.82) is 0 Å². The van der Waals surface area contributed by atoms with Gasteiger partial charge in [-0.15, -0.1) is 0 Å². The fraction of sp³-hybridized carbons (Fsp3) is 0.0909. The summed E-state index contributed by atoms with van der Waals surface area (Å²) < 4.78 is 13.5. The second-order valence-corrected chi connectivity index (χ2v) is 3.53. The molecule has 0 aliphatic heterocycles. The molecular formula is C11H9ClFN3. The SMILES string of the molecule is Fc1c(Cl)cccc1NCc1ncccn1. The minimum atomic E-state index is -0.458. The standard InChI is InChI=1S/C11H9ClFN3/c12-8-3-1-4-9(11(8)13)16-7-10-14-5-2-6-15-10/h1-6,16H,7H2. The van der Waals surface area contributed by atoms with Gasteiger partial charge < -0.3 is 5.32 Å². The second kappa shape index (κ2) is 4.90. The molecule has 0 bridgehead atoms. The zero-order valence-corrected chi connectivity index (χ0v) is 9.08. The molecule has 0 aliphatic carbocycles. The van der Waals surface area contributed by atoms with E-state index in [2.05, 4.69) is 15.3 Å². The van der Waals surface area contributed by atoms with E-state index in [1.54, 1.807) is 30.6 Å². The van der Waals surface area contributed by atoms with Crippen molar-refractivity contribution in [2.24, 2.45) is 0 Å². The molecule has 1 aromatic carbocycles. The van der Waals surface area contributed by atoms with Crippen LogP contribution in [0.3, 0.4) is 0 Å². The summed E-state index contributed by atoms with van der Waals surface area (Å²) >= 11 is 5.65. The first-order chi connectivity index (χ1) is 7.77. The molecule has 2 rings (SSSR count). The van der Waals surface area contributed by atoms with E-state index in [0.29, 0.717) is 18.1 Å². The highest BCUT2D eigenvalue weighted by molar-refractivity contribution is 6.31. The fourth-order valence-corrected chi connectivity index (χ4v) is 1.41. The van der Waals surface area contributed by atoms with Crippen molar-refractivity contribution in [3.63, 3.8) is 0 Å². The average molecular weight is 238 g/mol. The number of hydrogen-bond donors (Lipinski definition) is 1. The molecule has 0 aliphatic rings.